The van der Waals surface area contributed by atoms with Crippen LogP contribution in [0.15, 0.2) is 0 Å². The van der Waals surface area contributed by atoms with Gasteiger partial charge in [0.15, 0.2) is 0 Å². The van der Waals surface area contributed by atoms with E-state index in [4.69, 9.17) is 0 Å². The largest absolute Gasteiger partial charge is 0.352 e. The molecule has 1 aliphatic rings. The summed E-state index contributed by atoms with van der Waals surface area (Å²) in [6.45, 7) is 5.57. The van der Waals surface area contributed by atoms with Gasteiger partial charge >= 0.3 is 0 Å². The van der Waals surface area contributed by atoms with Crippen LogP contribution in [0.25, 0.3) is 0 Å². The number of nitrogens with one attached hydrogen (secondary N) is 2. The third-order valence-electron chi connectivity index (χ3n) is 4.32. The van der Waals surface area contributed by atoms with E-state index in [9.17, 15) is 4.79 Å². The molecule has 1 aliphatic carbocycles. The first-order valence-electron chi connectivity index (χ1n) is 7.21. The van der Waals surface area contributed by atoms with Gasteiger partial charge in [0.2, 0.25) is 5.91 Å². The second-order valence-corrected chi connectivity index (χ2v) is 5.66. The highest BCUT2D eigenvalue weighted by Crippen LogP contribution is 2.35. The number of carbonyl (C=O) groups is 1. The highest BCUT2D eigenvalue weighted by Gasteiger charge is 2.38. The van der Waals surface area contributed by atoms with Crippen molar-refractivity contribution in [2.45, 2.75) is 57.5 Å². The molecule has 1 rings (SSSR count). The molecule has 0 atom stereocenters. The van der Waals surface area contributed by atoms with E-state index in [0.717, 1.165) is 19.4 Å². The van der Waals surface area contributed by atoms with Crippen LogP contribution in [0.1, 0.15) is 46.0 Å². The van der Waals surface area contributed by atoms with Crippen molar-refractivity contribution in [2.24, 2.45) is 0 Å². The fourth-order valence-corrected chi connectivity index (χ4v) is 2.55. The quantitative estimate of drug-likeness (QED) is 0.688. The van der Waals surface area contributed by atoms with Crippen molar-refractivity contribution in [3.05, 3.63) is 0 Å². The van der Waals surface area contributed by atoms with Crippen molar-refractivity contribution < 1.29 is 4.79 Å². The number of amides is 1. The average molecular weight is 255 g/mol. The van der Waals surface area contributed by atoms with E-state index in [1.807, 2.05) is 0 Å². The summed E-state index contributed by atoms with van der Waals surface area (Å²) < 4.78 is 0. The van der Waals surface area contributed by atoms with Crippen LogP contribution in [0.4, 0.5) is 0 Å². The number of nitrogens with zero attached hydrogens (tertiary/aromatic N) is 1. The summed E-state index contributed by atoms with van der Waals surface area (Å²) in [7, 11) is 4.26. The lowest BCUT2D eigenvalue weighted by Gasteiger charge is -2.47. The molecule has 0 saturated heterocycles. The Hall–Kier alpha value is -0.610. The van der Waals surface area contributed by atoms with Crippen molar-refractivity contribution in [1.82, 2.24) is 15.5 Å². The predicted molar refractivity (Wildman–Crippen MR) is 75.7 cm³/mol. The van der Waals surface area contributed by atoms with Crippen molar-refractivity contribution >= 4 is 5.91 Å². The molecule has 1 fully saturated rings. The van der Waals surface area contributed by atoms with Crippen LogP contribution in [0.3, 0.4) is 0 Å². The number of likely N-dealkylation sites (N-methyl/N-ethyl adjacent to an activating group) is 1. The lowest BCUT2D eigenvalue weighted by Crippen LogP contribution is -2.57. The Morgan fingerprint density at radius 2 is 1.89 bits per heavy atom. The number of carbonyl (C=O) groups excluding carboxylic acids is 1. The number of hydrogen-bond acceptors (Lipinski definition) is 3. The topological polar surface area (TPSA) is 44.4 Å². The molecule has 0 heterocycles. The Bertz CT molecular complexity index is 258. The van der Waals surface area contributed by atoms with Gasteiger partial charge in [-0.1, -0.05) is 13.8 Å². The van der Waals surface area contributed by atoms with E-state index in [1.165, 1.54) is 19.3 Å². The minimum absolute atomic E-state index is 0.122. The summed E-state index contributed by atoms with van der Waals surface area (Å²) in [4.78, 5) is 14.0. The molecular formula is C14H29N3O. The zero-order valence-electron chi connectivity index (χ0n) is 12.4. The van der Waals surface area contributed by atoms with E-state index in [0.29, 0.717) is 12.6 Å². The molecule has 0 unspecified atom stereocenters. The molecule has 0 aliphatic heterocycles. The summed E-state index contributed by atoms with van der Waals surface area (Å²) in [6, 6.07) is 0.325. The second-order valence-electron chi connectivity index (χ2n) is 5.66. The van der Waals surface area contributed by atoms with Crippen LogP contribution >= 0.6 is 0 Å². The van der Waals surface area contributed by atoms with Gasteiger partial charge in [-0.2, -0.15) is 0 Å². The smallest absolute Gasteiger partial charge is 0.234 e. The standard InChI is InChI=1S/C14H29N3O/c1-5-12(6-2)16-13(18)10-15-11-14(17(3)4)8-7-9-14/h12,15H,5-11H2,1-4H3,(H,16,18). The van der Waals surface area contributed by atoms with Crippen LogP contribution in [0.5, 0.6) is 0 Å². The first-order chi connectivity index (χ1) is 8.54. The van der Waals surface area contributed by atoms with Gasteiger partial charge in [-0.3, -0.25) is 4.79 Å². The molecule has 1 amide bonds. The maximum absolute atomic E-state index is 11.7. The zero-order chi connectivity index (χ0) is 13.6. The third kappa shape index (κ3) is 3.95. The van der Waals surface area contributed by atoms with Gasteiger partial charge in [0.25, 0.3) is 0 Å². The van der Waals surface area contributed by atoms with E-state index >= 15 is 0 Å². The van der Waals surface area contributed by atoms with E-state index in [2.05, 4.69) is 43.5 Å². The first kappa shape index (κ1) is 15.4. The molecule has 0 aromatic heterocycles. The van der Waals surface area contributed by atoms with E-state index in [-0.39, 0.29) is 11.4 Å². The van der Waals surface area contributed by atoms with Gasteiger partial charge in [-0.15, -0.1) is 0 Å². The summed E-state index contributed by atoms with van der Waals surface area (Å²) in [5, 5.41) is 6.36. The van der Waals surface area contributed by atoms with Crippen LogP contribution < -0.4 is 10.6 Å². The van der Waals surface area contributed by atoms with Crippen molar-refractivity contribution in [1.29, 1.82) is 0 Å². The third-order valence-corrected chi connectivity index (χ3v) is 4.32. The van der Waals surface area contributed by atoms with E-state index in [1.54, 1.807) is 0 Å². The number of hydrogen-bond donors (Lipinski definition) is 2. The highest BCUT2D eigenvalue weighted by molar-refractivity contribution is 5.78. The summed E-state index contributed by atoms with van der Waals surface area (Å²) in [5.74, 6) is 0.122. The molecule has 0 radical (unpaired) electrons. The lowest BCUT2D eigenvalue weighted by atomic mass is 9.75. The van der Waals surface area contributed by atoms with Crippen molar-refractivity contribution in [2.75, 3.05) is 27.2 Å². The SMILES string of the molecule is CCC(CC)NC(=O)CNCC1(N(C)C)CCC1. The van der Waals surface area contributed by atoms with Crippen LogP contribution in [0, 0.1) is 0 Å². The van der Waals surface area contributed by atoms with Gasteiger partial charge < -0.3 is 15.5 Å². The summed E-state index contributed by atoms with van der Waals surface area (Å²) in [6.07, 6.45) is 5.79. The summed E-state index contributed by atoms with van der Waals surface area (Å²) in [5.41, 5.74) is 0.287. The Morgan fingerprint density at radius 1 is 1.28 bits per heavy atom. The molecule has 0 aromatic carbocycles. The minimum Gasteiger partial charge on any atom is -0.352 e. The fraction of sp³-hybridized carbons (Fsp3) is 0.929. The first-order valence-corrected chi connectivity index (χ1v) is 7.21. The molecule has 0 spiro atoms. The maximum atomic E-state index is 11.7. The molecule has 18 heavy (non-hydrogen) atoms. The lowest BCUT2D eigenvalue weighted by molar-refractivity contribution is -0.121. The highest BCUT2D eigenvalue weighted by atomic mass is 16.1. The Balaban J connectivity index is 2.23. The fourth-order valence-electron chi connectivity index (χ4n) is 2.55. The van der Waals surface area contributed by atoms with E-state index < -0.39 is 0 Å². The molecular weight excluding hydrogens is 226 g/mol. The van der Waals surface area contributed by atoms with Crippen LogP contribution in [-0.2, 0) is 4.79 Å². The van der Waals surface area contributed by atoms with Crippen molar-refractivity contribution in [3.8, 4) is 0 Å². The van der Waals surface area contributed by atoms with Gasteiger partial charge in [0.05, 0.1) is 6.54 Å². The molecule has 106 valence electrons. The molecule has 4 nitrogen and oxygen atoms in total. The molecule has 0 bridgehead atoms. The Kier molecular flexibility index (Phi) is 6.09. The summed E-state index contributed by atoms with van der Waals surface area (Å²) >= 11 is 0. The Morgan fingerprint density at radius 3 is 2.28 bits per heavy atom. The van der Waals surface area contributed by atoms with Crippen LogP contribution in [-0.4, -0.2) is 49.6 Å². The van der Waals surface area contributed by atoms with Gasteiger partial charge in [0, 0.05) is 18.1 Å². The van der Waals surface area contributed by atoms with Crippen LogP contribution in [0.2, 0.25) is 0 Å². The number of rotatable bonds is 8. The molecule has 1 saturated carbocycles. The molecule has 2 N–H and O–H groups in total. The minimum atomic E-state index is 0.122. The molecule has 4 heteroatoms. The van der Waals surface area contributed by atoms with Gasteiger partial charge in [-0.25, -0.2) is 0 Å². The zero-order valence-corrected chi connectivity index (χ0v) is 12.4. The Labute approximate surface area is 111 Å². The normalized spacial score (nSPS) is 17.9. The second kappa shape index (κ2) is 7.10. The maximum Gasteiger partial charge on any atom is 0.234 e. The monoisotopic (exact) mass is 255 g/mol. The molecule has 0 aromatic rings. The van der Waals surface area contributed by atoms with Gasteiger partial charge in [0.1, 0.15) is 0 Å². The van der Waals surface area contributed by atoms with Gasteiger partial charge in [-0.05, 0) is 46.2 Å². The average Bonchev–Trinajstić information content (AvgIpc) is 2.28. The van der Waals surface area contributed by atoms with Crippen molar-refractivity contribution in [3.63, 3.8) is 0 Å². The predicted octanol–water partition coefficient (Wildman–Crippen LogP) is 1.37.